The van der Waals surface area contributed by atoms with Crippen LogP contribution in [0.3, 0.4) is 0 Å². The molecule has 1 aliphatic rings. The summed E-state index contributed by atoms with van der Waals surface area (Å²) >= 11 is 0. The van der Waals surface area contributed by atoms with E-state index in [1.165, 1.54) is 0 Å². The molecule has 5 heteroatoms. The third-order valence-electron chi connectivity index (χ3n) is 4.69. The van der Waals surface area contributed by atoms with Crippen molar-refractivity contribution >= 4 is 22.7 Å². The van der Waals surface area contributed by atoms with E-state index in [0.717, 1.165) is 10.9 Å². The van der Waals surface area contributed by atoms with Gasteiger partial charge in [0.25, 0.3) is 11.8 Å². The molecule has 0 saturated carbocycles. The van der Waals surface area contributed by atoms with Gasteiger partial charge in [-0.3, -0.25) is 9.59 Å². The monoisotopic (exact) mass is 345 g/mol. The number of fused-ring (bicyclic) bond motifs is 1. The van der Waals surface area contributed by atoms with Crippen LogP contribution in [0, 0.1) is 0 Å². The maximum absolute atomic E-state index is 12.7. The fraction of sp³-hybridized carbons (Fsp3) is 0.190. The molecule has 2 aromatic carbocycles. The van der Waals surface area contributed by atoms with Crippen LogP contribution in [0.2, 0.25) is 0 Å². The van der Waals surface area contributed by atoms with Crippen molar-refractivity contribution in [2.24, 2.45) is 0 Å². The number of piperazine rings is 1. The number of nitrogens with zero attached hydrogens (tertiary/aromatic N) is 3. The molecule has 2 heterocycles. The molecule has 1 fully saturated rings. The number of hydrogen-bond donors (Lipinski definition) is 0. The van der Waals surface area contributed by atoms with Crippen molar-refractivity contribution in [3.05, 3.63) is 78.0 Å². The molecule has 1 aliphatic heterocycles. The lowest BCUT2D eigenvalue weighted by molar-refractivity contribution is 0.0532. The first-order valence-electron chi connectivity index (χ1n) is 8.72. The van der Waals surface area contributed by atoms with Crippen molar-refractivity contribution in [3.63, 3.8) is 0 Å². The maximum atomic E-state index is 12.7. The predicted molar refractivity (Wildman–Crippen MR) is 100.0 cm³/mol. The minimum absolute atomic E-state index is 0.0153. The second-order valence-electron chi connectivity index (χ2n) is 6.34. The summed E-state index contributed by atoms with van der Waals surface area (Å²) in [6, 6.07) is 20.7. The Bertz CT molecular complexity index is 948. The fourth-order valence-electron chi connectivity index (χ4n) is 3.22. The molecule has 4 rings (SSSR count). The van der Waals surface area contributed by atoms with Crippen LogP contribution in [-0.2, 0) is 0 Å². The SMILES string of the molecule is O=C(c1ccccc1)N1CCN(C(=O)c2ccc3ccccc3n2)CC1. The highest BCUT2D eigenvalue weighted by atomic mass is 16.2. The number of benzene rings is 2. The zero-order chi connectivity index (χ0) is 17.9. The zero-order valence-electron chi connectivity index (χ0n) is 14.3. The highest BCUT2D eigenvalue weighted by molar-refractivity contribution is 5.96. The quantitative estimate of drug-likeness (QED) is 0.718. The minimum Gasteiger partial charge on any atom is -0.335 e. The Balaban J connectivity index is 1.43. The van der Waals surface area contributed by atoms with E-state index in [4.69, 9.17) is 0 Å². The molecule has 0 bridgehead atoms. The van der Waals surface area contributed by atoms with Crippen LogP contribution in [0.25, 0.3) is 10.9 Å². The highest BCUT2D eigenvalue weighted by Crippen LogP contribution is 2.15. The number of aromatic nitrogens is 1. The second-order valence-corrected chi connectivity index (χ2v) is 6.34. The lowest BCUT2D eigenvalue weighted by atomic mass is 10.1. The van der Waals surface area contributed by atoms with Gasteiger partial charge >= 0.3 is 0 Å². The van der Waals surface area contributed by atoms with Crippen molar-refractivity contribution in [2.75, 3.05) is 26.2 Å². The third-order valence-corrected chi connectivity index (χ3v) is 4.69. The molecule has 0 spiro atoms. The summed E-state index contributed by atoms with van der Waals surface area (Å²) in [5.41, 5.74) is 1.95. The molecule has 5 nitrogen and oxygen atoms in total. The molecule has 2 amide bonds. The second kappa shape index (κ2) is 6.96. The Morgan fingerprint density at radius 3 is 2.04 bits per heavy atom. The Labute approximate surface area is 151 Å². The van der Waals surface area contributed by atoms with E-state index in [1.54, 1.807) is 15.9 Å². The number of hydrogen-bond acceptors (Lipinski definition) is 3. The summed E-state index contributed by atoms with van der Waals surface area (Å²) in [6.07, 6.45) is 0. The van der Waals surface area contributed by atoms with E-state index >= 15 is 0 Å². The first-order valence-corrected chi connectivity index (χ1v) is 8.72. The smallest absolute Gasteiger partial charge is 0.272 e. The Kier molecular flexibility index (Phi) is 4.35. The van der Waals surface area contributed by atoms with Crippen molar-refractivity contribution in [1.29, 1.82) is 0 Å². The van der Waals surface area contributed by atoms with E-state index < -0.39 is 0 Å². The van der Waals surface area contributed by atoms with Crippen molar-refractivity contribution in [1.82, 2.24) is 14.8 Å². The van der Waals surface area contributed by atoms with Crippen molar-refractivity contribution in [2.45, 2.75) is 0 Å². The molecule has 1 saturated heterocycles. The van der Waals surface area contributed by atoms with Crippen molar-refractivity contribution < 1.29 is 9.59 Å². The van der Waals surface area contributed by atoms with Crippen LogP contribution < -0.4 is 0 Å². The molecular formula is C21H19N3O2. The first kappa shape index (κ1) is 16.3. The van der Waals surface area contributed by atoms with Gasteiger partial charge in [0.15, 0.2) is 0 Å². The lowest BCUT2D eigenvalue weighted by Crippen LogP contribution is -2.50. The molecule has 0 unspecified atom stereocenters. The Morgan fingerprint density at radius 1 is 0.692 bits per heavy atom. The molecule has 0 aliphatic carbocycles. The van der Waals surface area contributed by atoms with Gasteiger partial charge in [0, 0.05) is 37.1 Å². The lowest BCUT2D eigenvalue weighted by Gasteiger charge is -2.34. The standard InChI is InChI=1S/C21H19N3O2/c25-20(17-7-2-1-3-8-17)23-12-14-24(15-13-23)21(26)19-11-10-16-6-4-5-9-18(16)22-19/h1-11H,12-15H2. The van der Waals surface area contributed by atoms with Crippen LogP contribution in [0.15, 0.2) is 66.7 Å². The molecule has 0 atom stereocenters. The van der Waals surface area contributed by atoms with Crippen LogP contribution in [0.5, 0.6) is 0 Å². The molecule has 1 aromatic heterocycles. The topological polar surface area (TPSA) is 53.5 Å². The van der Waals surface area contributed by atoms with Gasteiger partial charge in [-0.1, -0.05) is 42.5 Å². The van der Waals surface area contributed by atoms with Crippen molar-refractivity contribution in [3.8, 4) is 0 Å². The third kappa shape index (κ3) is 3.16. The summed E-state index contributed by atoms with van der Waals surface area (Å²) in [5.74, 6) is -0.0657. The Morgan fingerprint density at radius 2 is 1.31 bits per heavy atom. The average Bonchev–Trinajstić information content (AvgIpc) is 2.73. The van der Waals surface area contributed by atoms with Gasteiger partial charge in [0.2, 0.25) is 0 Å². The summed E-state index contributed by atoms with van der Waals surface area (Å²) in [6.45, 7) is 2.11. The molecule has 130 valence electrons. The van der Waals surface area contributed by atoms with Gasteiger partial charge in [-0.15, -0.1) is 0 Å². The van der Waals surface area contributed by atoms with Gasteiger partial charge in [-0.2, -0.15) is 0 Å². The number of para-hydroxylation sites is 1. The summed E-state index contributed by atoms with van der Waals surface area (Å²) in [7, 11) is 0. The van der Waals surface area contributed by atoms with E-state index in [0.29, 0.717) is 37.4 Å². The predicted octanol–water partition coefficient (Wildman–Crippen LogP) is 2.83. The summed E-state index contributed by atoms with van der Waals surface area (Å²) in [5, 5.41) is 1.02. The van der Waals surface area contributed by atoms with Gasteiger partial charge in [0.1, 0.15) is 5.69 Å². The molecular weight excluding hydrogens is 326 g/mol. The molecule has 26 heavy (non-hydrogen) atoms. The van der Waals surface area contributed by atoms with Crippen LogP contribution in [0.1, 0.15) is 20.8 Å². The largest absolute Gasteiger partial charge is 0.335 e. The number of rotatable bonds is 2. The molecule has 0 N–H and O–H groups in total. The normalized spacial score (nSPS) is 14.5. The van der Waals surface area contributed by atoms with Crippen LogP contribution >= 0.6 is 0 Å². The minimum atomic E-state index is -0.0810. The van der Waals surface area contributed by atoms with Gasteiger partial charge in [0.05, 0.1) is 5.52 Å². The highest BCUT2D eigenvalue weighted by Gasteiger charge is 2.26. The van der Waals surface area contributed by atoms with Gasteiger partial charge in [-0.25, -0.2) is 4.98 Å². The van der Waals surface area contributed by atoms with E-state index in [9.17, 15) is 9.59 Å². The van der Waals surface area contributed by atoms with E-state index in [-0.39, 0.29) is 11.8 Å². The molecule has 3 aromatic rings. The average molecular weight is 345 g/mol. The van der Waals surface area contributed by atoms with E-state index in [2.05, 4.69) is 4.98 Å². The number of carbonyl (C=O) groups excluding carboxylic acids is 2. The maximum Gasteiger partial charge on any atom is 0.272 e. The van der Waals surface area contributed by atoms with Gasteiger partial charge < -0.3 is 9.80 Å². The van der Waals surface area contributed by atoms with Crippen LogP contribution in [-0.4, -0.2) is 52.8 Å². The Hall–Kier alpha value is -3.21. The molecule has 0 radical (unpaired) electrons. The number of carbonyl (C=O) groups is 2. The number of amides is 2. The van der Waals surface area contributed by atoms with Crippen LogP contribution in [0.4, 0.5) is 0 Å². The number of pyridine rings is 1. The summed E-state index contributed by atoms with van der Waals surface area (Å²) in [4.78, 5) is 33.3. The zero-order valence-corrected chi connectivity index (χ0v) is 14.3. The van der Waals surface area contributed by atoms with Gasteiger partial charge in [-0.05, 0) is 24.3 Å². The van der Waals surface area contributed by atoms with E-state index in [1.807, 2.05) is 60.7 Å². The summed E-state index contributed by atoms with van der Waals surface area (Å²) < 4.78 is 0. The fourth-order valence-corrected chi connectivity index (χ4v) is 3.22. The first-order chi connectivity index (χ1) is 12.7.